The highest BCUT2D eigenvalue weighted by molar-refractivity contribution is 5.48. The number of hydrogen-bond donors (Lipinski definition) is 2. The lowest BCUT2D eigenvalue weighted by molar-refractivity contribution is 0.857. The van der Waals surface area contributed by atoms with Crippen LogP contribution >= 0.6 is 0 Å². The second kappa shape index (κ2) is 6.18. The van der Waals surface area contributed by atoms with Crippen LogP contribution in [0.4, 0.5) is 11.6 Å². The van der Waals surface area contributed by atoms with Gasteiger partial charge in [-0.25, -0.2) is 9.97 Å². The van der Waals surface area contributed by atoms with Crippen LogP contribution in [-0.2, 0) is 6.42 Å². The van der Waals surface area contributed by atoms with Crippen LogP contribution < -0.4 is 10.6 Å². The molecule has 0 aliphatic carbocycles. The van der Waals surface area contributed by atoms with Gasteiger partial charge in [-0.15, -0.1) is 0 Å². The van der Waals surface area contributed by atoms with Gasteiger partial charge >= 0.3 is 0 Å². The van der Waals surface area contributed by atoms with Gasteiger partial charge in [0, 0.05) is 25.6 Å². The van der Waals surface area contributed by atoms with Gasteiger partial charge in [-0.05, 0) is 12.5 Å². The highest BCUT2D eigenvalue weighted by Crippen LogP contribution is 2.19. The number of benzene rings is 1. The van der Waals surface area contributed by atoms with Crippen LogP contribution in [-0.4, -0.2) is 17.0 Å². The molecule has 1 heterocycles. The van der Waals surface area contributed by atoms with E-state index >= 15 is 0 Å². The van der Waals surface area contributed by atoms with Crippen LogP contribution in [0.3, 0.4) is 0 Å². The maximum absolute atomic E-state index is 4.50. The van der Waals surface area contributed by atoms with Crippen LogP contribution in [0.5, 0.6) is 0 Å². The lowest BCUT2D eigenvalue weighted by Crippen LogP contribution is -2.10. The second-order valence-corrected chi connectivity index (χ2v) is 4.43. The Labute approximate surface area is 114 Å². The zero-order chi connectivity index (χ0) is 13.7. The van der Waals surface area contributed by atoms with E-state index in [1.807, 2.05) is 31.3 Å². The van der Waals surface area contributed by atoms with Gasteiger partial charge in [0.15, 0.2) is 0 Å². The maximum atomic E-state index is 4.50. The van der Waals surface area contributed by atoms with Gasteiger partial charge in [0.2, 0.25) is 0 Å². The van der Waals surface area contributed by atoms with Gasteiger partial charge in [-0.2, -0.15) is 0 Å². The molecule has 100 valence electrons. The molecule has 0 saturated carbocycles. The van der Waals surface area contributed by atoms with E-state index < -0.39 is 0 Å². The highest BCUT2D eigenvalue weighted by Gasteiger charge is 2.07. The van der Waals surface area contributed by atoms with Crippen molar-refractivity contribution in [3.8, 4) is 0 Å². The van der Waals surface area contributed by atoms with Crippen LogP contribution in [0.25, 0.3) is 0 Å². The fourth-order valence-corrected chi connectivity index (χ4v) is 1.90. The van der Waals surface area contributed by atoms with E-state index in [1.165, 1.54) is 5.56 Å². The third-order valence-electron chi connectivity index (χ3n) is 3.01. The summed E-state index contributed by atoms with van der Waals surface area (Å²) in [7, 11) is 1.87. The number of anilines is 2. The summed E-state index contributed by atoms with van der Waals surface area (Å²) in [6, 6.07) is 12.5. The fourth-order valence-electron chi connectivity index (χ4n) is 1.90. The highest BCUT2D eigenvalue weighted by atomic mass is 15.1. The van der Waals surface area contributed by atoms with E-state index in [4.69, 9.17) is 0 Å². The molecule has 0 spiro atoms. The Hall–Kier alpha value is -2.10. The van der Waals surface area contributed by atoms with E-state index in [2.05, 4.69) is 46.6 Å². The molecule has 2 N–H and O–H groups in total. The lowest BCUT2D eigenvalue weighted by Gasteiger charge is -2.16. The van der Waals surface area contributed by atoms with Crippen molar-refractivity contribution >= 4 is 11.6 Å². The summed E-state index contributed by atoms with van der Waals surface area (Å²) in [6.45, 7) is 4.18. The molecule has 19 heavy (non-hydrogen) atoms. The minimum Gasteiger partial charge on any atom is -0.373 e. The number of hydrogen-bond acceptors (Lipinski definition) is 4. The van der Waals surface area contributed by atoms with Gasteiger partial charge in [0.1, 0.15) is 17.5 Å². The summed E-state index contributed by atoms with van der Waals surface area (Å²) in [5, 5.41) is 6.48. The molecule has 0 aliphatic rings. The standard InChI is InChI=1S/C15H20N4/c1-4-13-18-14(16-3)10-15(19-13)17-11(2)12-8-6-5-7-9-12/h5-11H,4H2,1-3H3,(H2,16,17,18,19). The van der Waals surface area contributed by atoms with Gasteiger partial charge in [0.05, 0.1) is 0 Å². The first-order chi connectivity index (χ1) is 9.22. The average molecular weight is 256 g/mol. The van der Waals surface area contributed by atoms with Gasteiger partial charge < -0.3 is 10.6 Å². The summed E-state index contributed by atoms with van der Waals surface area (Å²) < 4.78 is 0. The van der Waals surface area contributed by atoms with Gasteiger partial charge in [-0.1, -0.05) is 37.3 Å². The Morgan fingerprint density at radius 3 is 2.42 bits per heavy atom. The third-order valence-corrected chi connectivity index (χ3v) is 3.01. The predicted octanol–water partition coefficient (Wildman–Crippen LogP) is 3.25. The minimum absolute atomic E-state index is 0.213. The quantitative estimate of drug-likeness (QED) is 0.862. The Bertz CT molecular complexity index is 503. The molecule has 1 aromatic carbocycles. The third kappa shape index (κ3) is 3.44. The number of nitrogens with zero attached hydrogens (tertiary/aromatic N) is 2. The summed E-state index contributed by atoms with van der Waals surface area (Å²) in [5.41, 5.74) is 1.24. The Balaban J connectivity index is 2.18. The Morgan fingerprint density at radius 1 is 1.11 bits per heavy atom. The molecule has 1 aromatic heterocycles. The first-order valence-corrected chi connectivity index (χ1v) is 6.60. The van der Waals surface area contributed by atoms with Crippen molar-refractivity contribution in [1.82, 2.24) is 9.97 Å². The predicted molar refractivity (Wildman–Crippen MR) is 79.4 cm³/mol. The van der Waals surface area contributed by atoms with Gasteiger partial charge in [-0.3, -0.25) is 0 Å². The van der Waals surface area contributed by atoms with Crippen molar-refractivity contribution in [2.45, 2.75) is 26.3 Å². The van der Waals surface area contributed by atoms with Crippen molar-refractivity contribution in [1.29, 1.82) is 0 Å². The summed E-state index contributed by atoms with van der Waals surface area (Å²) in [4.78, 5) is 8.89. The molecule has 0 radical (unpaired) electrons. The van der Waals surface area contributed by atoms with Crippen LogP contribution in [0, 0.1) is 0 Å². The van der Waals surface area contributed by atoms with E-state index in [9.17, 15) is 0 Å². The molecule has 4 heteroatoms. The van der Waals surface area contributed by atoms with E-state index in [0.29, 0.717) is 0 Å². The smallest absolute Gasteiger partial charge is 0.132 e. The first-order valence-electron chi connectivity index (χ1n) is 6.60. The maximum Gasteiger partial charge on any atom is 0.132 e. The van der Waals surface area contributed by atoms with E-state index in [0.717, 1.165) is 23.9 Å². The van der Waals surface area contributed by atoms with Crippen LogP contribution in [0.2, 0.25) is 0 Å². The number of aryl methyl sites for hydroxylation is 1. The Kier molecular flexibility index (Phi) is 4.34. The van der Waals surface area contributed by atoms with Crippen molar-refractivity contribution in [2.75, 3.05) is 17.7 Å². The van der Waals surface area contributed by atoms with Gasteiger partial charge in [0.25, 0.3) is 0 Å². The molecule has 0 aliphatic heterocycles. The van der Waals surface area contributed by atoms with E-state index in [1.54, 1.807) is 0 Å². The zero-order valence-corrected chi connectivity index (χ0v) is 11.6. The first kappa shape index (κ1) is 13.3. The molecule has 4 nitrogen and oxygen atoms in total. The molecule has 1 atom stereocenters. The molecule has 2 rings (SSSR count). The SMILES string of the molecule is CCc1nc(NC)cc(NC(C)c2ccccc2)n1. The normalized spacial score (nSPS) is 11.9. The van der Waals surface area contributed by atoms with Crippen molar-refractivity contribution in [2.24, 2.45) is 0 Å². The summed E-state index contributed by atoms with van der Waals surface area (Å²) in [5.74, 6) is 2.54. The molecule has 2 aromatic rings. The zero-order valence-electron chi connectivity index (χ0n) is 11.6. The van der Waals surface area contributed by atoms with Crippen molar-refractivity contribution in [3.05, 3.63) is 47.8 Å². The fraction of sp³-hybridized carbons (Fsp3) is 0.333. The molecule has 0 fully saturated rings. The molecular formula is C15H20N4. The van der Waals surface area contributed by atoms with Crippen LogP contribution in [0.1, 0.15) is 31.3 Å². The minimum atomic E-state index is 0.213. The Morgan fingerprint density at radius 2 is 1.79 bits per heavy atom. The largest absolute Gasteiger partial charge is 0.373 e. The van der Waals surface area contributed by atoms with Crippen LogP contribution in [0.15, 0.2) is 36.4 Å². The van der Waals surface area contributed by atoms with Crippen molar-refractivity contribution in [3.63, 3.8) is 0 Å². The average Bonchev–Trinajstić information content (AvgIpc) is 2.47. The second-order valence-electron chi connectivity index (χ2n) is 4.43. The number of rotatable bonds is 5. The molecule has 1 unspecified atom stereocenters. The monoisotopic (exact) mass is 256 g/mol. The lowest BCUT2D eigenvalue weighted by atomic mass is 10.1. The summed E-state index contributed by atoms with van der Waals surface area (Å²) in [6.07, 6.45) is 0.823. The topological polar surface area (TPSA) is 49.8 Å². The summed E-state index contributed by atoms with van der Waals surface area (Å²) >= 11 is 0. The van der Waals surface area contributed by atoms with E-state index in [-0.39, 0.29) is 6.04 Å². The molecular weight excluding hydrogens is 236 g/mol. The molecule has 0 bridgehead atoms. The molecule has 0 amide bonds. The number of aromatic nitrogens is 2. The number of nitrogens with one attached hydrogen (secondary N) is 2. The molecule has 0 saturated heterocycles. The van der Waals surface area contributed by atoms with Crippen molar-refractivity contribution < 1.29 is 0 Å².